The second-order valence-corrected chi connectivity index (χ2v) is 6.89. The van der Waals surface area contributed by atoms with Gasteiger partial charge in [-0.25, -0.2) is 0 Å². The first-order valence-corrected chi connectivity index (χ1v) is 8.81. The summed E-state index contributed by atoms with van der Waals surface area (Å²) in [6.07, 6.45) is 4.82. The fourth-order valence-electron chi connectivity index (χ4n) is 3.74. The van der Waals surface area contributed by atoms with Gasteiger partial charge in [0.2, 0.25) is 5.91 Å². The molecular formula is C20H25ClN2O. The van der Waals surface area contributed by atoms with Gasteiger partial charge in [-0.2, -0.15) is 0 Å². The average Bonchev–Trinajstić information content (AvgIpc) is 3.28. The van der Waals surface area contributed by atoms with Gasteiger partial charge in [0.1, 0.15) is 0 Å². The summed E-state index contributed by atoms with van der Waals surface area (Å²) in [5, 5.41) is 5.89. The lowest BCUT2D eigenvalue weighted by atomic mass is 9.97. The third-order valence-electron chi connectivity index (χ3n) is 5.16. The number of hydrogen-bond donors (Lipinski definition) is 1. The molecule has 0 bridgehead atoms. The van der Waals surface area contributed by atoms with Crippen LogP contribution in [0.4, 0.5) is 0 Å². The normalized spacial score (nSPS) is 20.2. The highest BCUT2D eigenvalue weighted by molar-refractivity contribution is 5.87. The molecule has 4 heteroatoms. The molecule has 1 saturated carbocycles. The molecule has 2 fully saturated rings. The van der Waals surface area contributed by atoms with E-state index in [1.165, 1.54) is 29.2 Å². The van der Waals surface area contributed by atoms with Crippen molar-refractivity contribution in [2.45, 2.75) is 31.7 Å². The molecule has 1 aliphatic heterocycles. The maximum absolute atomic E-state index is 12.6. The zero-order chi connectivity index (χ0) is 15.6. The van der Waals surface area contributed by atoms with Crippen LogP contribution < -0.4 is 5.32 Å². The molecule has 4 rings (SSSR count). The Morgan fingerprint density at radius 1 is 1.08 bits per heavy atom. The highest BCUT2D eigenvalue weighted by atomic mass is 35.5. The second kappa shape index (κ2) is 7.54. The molecule has 0 radical (unpaired) electrons. The predicted molar refractivity (Wildman–Crippen MR) is 100 cm³/mol. The Labute approximate surface area is 149 Å². The van der Waals surface area contributed by atoms with Crippen molar-refractivity contribution in [2.75, 3.05) is 19.6 Å². The molecule has 2 aromatic rings. The van der Waals surface area contributed by atoms with Gasteiger partial charge in [-0.1, -0.05) is 42.5 Å². The second-order valence-electron chi connectivity index (χ2n) is 6.89. The molecule has 24 heavy (non-hydrogen) atoms. The highest BCUT2D eigenvalue weighted by Crippen LogP contribution is 2.35. The first-order valence-electron chi connectivity index (χ1n) is 8.81. The molecular weight excluding hydrogens is 320 g/mol. The van der Waals surface area contributed by atoms with Crippen molar-refractivity contribution >= 4 is 29.1 Å². The van der Waals surface area contributed by atoms with E-state index in [9.17, 15) is 4.79 Å². The minimum Gasteiger partial charge on any atom is -0.335 e. The summed E-state index contributed by atoms with van der Waals surface area (Å²) in [4.78, 5) is 14.7. The molecule has 1 amide bonds. The summed E-state index contributed by atoms with van der Waals surface area (Å²) in [6, 6.07) is 15.2. The Hall–Kier alpha value is -1.58. The first-order chi connectivity index (χ1) is 11.3. The van der Waals surface area contributed by atoms with Crippen molar-refractivity contribution < 1.29 is 4.79 Å². The number of nitrogens with one attached hydrogen (secondary N) is 1. The summed E-state index contributed by atoms with van der Waals surface area (Å²) < 4.78 is 0. The fourth-order valence-corrected chi connectivity index (χ4v) is 3.74. The van der Waals surface area contributed by atoms with Crippen LogP contribution in [-0.4, -0.2) is 30.4 Å². The fraction of sp³-hybridized carbons (Fsp3) is 0.450. The van der Waals surface area contributed by atoms with Crippen LogP contribution in [0.15, 0.2) is 42.5 Å². The number of carbonyl (C=O) groups excluding carboxylic acids is 1. The van der Waals surface area contributed by atoms with Crippen molar-refractivity contribution in [3.05, 3.63) is 48.0 Å². The predicted octanol–water partition coefficient (Wildman–Crippen LogP) is 3.92. The van der Waals surface area contributed by atoms with Gasteiger partial charge in [0.25, 0.3) is 0 Å². The van der Waals surface area contributed by atoms with Gasteiger partial charge in [0.05, 0.1) is 12.6 Å². The van der Waals surface area contributed by atoms with E-state index in [4.69, 9.17) is 0 Å². The third-order valence-corrected chi connectivity index (χ3v) is 5.16. The van der Waals surface area contributed by atoms with Gasteiger partial charge in [-0.15, -0.1) is 12.4 Å². The van der Waals surface area contributed by atoms with E-state index in [0.717, 1.165) is 31.8 Å². The van der Waals surface area contributed by atoms with Crippen LogP contribution in [0.5, 0.6) is 0 Å². The maximum atomic E-state index is 12.6. The zero-order valence-electron chi connectivity index (χ0n) is 13.9. The van der Waals surface area contributed by atoms with Gasteiger partial charge >= 0.3 is 0 Å². The summed E-state index contributed by atoms with van der Waals surface area (Å²) in [7, 11) is 0. The quantitative estimate of drug-likeness (QED) is 0.891. The van der Waals surface area contributed by atoms with E-state index in [1.54, 1.807) is 0 Å². The first kappa shape index (κ1) is 17.2. The Morgan fingerprint density at radius 2 is 1.88 bits per heavy atom. The van der Waals surface area contributed by atoms with Crippen LogP contribution in [0.1, 0.15) is 37.3 Å². The van der Waals surface area contributed by atoms with Gasteiger partial charge in [0, 0.05) is 6.54 Å². The number of benzene rings is 2. The summed E-state index contributed by atoms with van der Waals surface area (Å²) in [6.45, 7) is 2.37. The molecule has 0 spiro atoms. The van der Waals surface area contributed by atoms with Gasteiger partial charge in [0.15, 0.2) is 0 Å². The summed E-state index contributed by atoms with van der Waals surface area (Å²) >= 11 is 0. The Balaban J connectivity index is 0.00000169. The third kappa shape index (κ3) is 3.57. The van der Waals surface area contributed by atoms with E-state index in [2.05, 4.69) is 52.7 Å². The van der Waals surface area contributed by atoms with Crippen molar-refractivity contribution in [1.82, 2.24) is 10.2 Å². The van der Waals surface area contributed by atoms with Crippen molar-refractivity contribution in [3.8, 4) is 0 Å². The lowest BCUT2D eigenvalue weighted by Crippen LogP contribution is -2.38. The molecule has 3 nitrogen and oxygen atoms in total. The van der Waals surface area contributed by atoms with Crippen molar-refractivity contribution in [2.24, 2.45) is 5.92 Å². The SMILES string of the molecule is Cl.O=C(CNCC1CC1)N1CCCC1c1cccc2ccccc12. The number of halogens is 1. The Kier molecular flexibility index (Phi) is 5.42. The molecule has 2 aliphatic rings. The number of hydrogen-bond acceptors (Lipinski definition) is 2. The van der Waals surface area contributed by atoms with E-state index < -0.39 is 0 Å². The van der Waals surface area contributed by atoms with E-state index >= 15 is 0 Å². The lowest BCUT2D eigenvalue weighted by Gasteiger charge is -2.26. The molecule has 2 aromatic carbocycles. The number of amides is 1. The van der Waals surface area contributed by atoms with Crippen LogP contribution in [0.2, 0.25) is 0 Å². The van der Waals surface area contributed by atoms with Gasteiger partial charge in [-0.3, -0.25) is 4.79 Å². The number of carbonyl (C=O) groups is 1. The largest absolute Gasteiger partial charge is 0.335 e. The van der Waals surface area contributed by atoms with Crippen molar-refractivity contribution in [1.29, 1.82) is 0 Å². The molecule has 128 valence electrons. The molecule has 1 saturated heterocycles. The Morgan fingerprint density at radius 3 is 2.71 bits per heavy atom. The number of fused-ring (bicyclic) bond motifs is 1. The van der Waals surface area contributed by atoms with Crippen LogP contribution in [0, 0.1) is 5.92 Å². The van der Waals surface area contributed by atoms with Gasteiger partial charge in [-0.05, 0) is 54.5 Å². The minimum absolute atomic E-state index is 0. The monoisotopic (exact) mass is 344 g/mol. The maximum Gasteiger partial charge on any atom is 0.237 e. The molecule has 1 heterocycles. The molecule has 1 atom stereocenters. The molecule has 0 aromatic heterocycles. The van der Waals surface area contributed by atoms with Gasteiger partial charge < -0.3 is 10.2 Å². The van der Waals surface area contributed by atoms with E-state index in [0.29, 0.717) is 6.54 Å². The minimum atomic E-state index is 0. The molecule has 1 unspecified atom stereocenters. The highest BCUT2D eigenvalue weighted by Gasteiger charge is 2.30. The topological polar surface area (TPSA) is 32.3 Å². The standard InChI is InChI=1S/C20H24N2O.ClH/c23-20(14-21-13-15-10-11-15)22-12-4-9-19(22)18-8-3-6-16-5-1-2-7-17(16)18;/h1-3,5-8,15,19,21H,4,9-14H2;1H. The van der Waals surface area contributed by atoms with Crippen LogP contribution in [0.3, 0.4) is 0 Å². The number of likely N-dealkylation sites (tertiary alicyclic amines) is 1. The molecule has 1 aliphatic carbocycles. The number of rotatable bonds is 5. The van der Waals surface area contributed by atoms with Crippen LogP contribution in [-0.2, 0) is 4.79 Å². The summed E-state index contributed by atoms with van der Waals surface area (Å²) in [5.74, 6) is 1.07. The smallest absolute Gasteiger partial charge is 0.237 e. The average molecular weight is 345 g/mol. The van der Waals surface area contributed by atoms with Crippen molar-refractivity contribution in [3.63, 3.8) is 0 Å². The lowest BCUT2D eigenvalue weighted by molar-refractivity contribution is -0.131. The molecule has 1 N–H and O–H groups in total. The number of nitrogens with zero attached hydrogens (tertiary/aromatic N) is 1. The van der Waals surface area contributed by atoms with E-state index in [-0.39, 0.29) is 24.4 Å². The Bertz CT molecular complexity index is 708. The van der Waals surface area contributed by atoms with Crippen LogP contribution in [0.25, 0.3) is 10.8 Å². The summed E-state index contributed by atoms with van der Waals surface area (Å²) in [5.41, 5.74) is 1.30. The zero-order valence-corrected chi connectivity index (χ0v) is 14.7. The van der Waals surface area contributed by atoms with Crippen LogP contribution >= 0.6 is 12.4 Å². The van der Waals surface area contributed by atoms with E-state index in [1.807, 2.05) is 0 Å².